The molecule has 0 spiro atoms. The number of anilines is 1. The molecule has 2 aromatic rings. The van der Waals surface area contributed by atoms with Gasteiger partial charge in [-0.1, -0.05) is 12.1 Å². The molecule has 0 saturated carbocycles. The Morgan fingerprint density at radius 1 is 1.10 bits per heavy atom. The third kappa shape index (κ3) is 3.22. The first-order valence-electron chi connectivity index (χ1n) is 5.85. The number of halogens is 2. The van der Waals surface area contributed by atoms with Gasteiger partial charge in [0.15, 0.2) is 5.78 Å². The molecule has 0 heterocycles. The van der Waals surface area contributed by atoms with E-state index in [0.717, 1.165) is 0 Å². The van der Waals surface area contributed by atoms with Crippen molar-refractivity contribution in [2.45, 2.75) is 6.92 Å². The zero-order valence-electron chi connectivity index (χ0n) is 10.6. The van der Waals surface area contributed by atoms with Gasteiger partial charge in [-0.25, -0.2) is 4.39 Å². The Balaban J connectivity index is 2.30. The van der Waals surface area contributed by atoms with Crippen molar-refractivity contribution >= 4 is 40.0 Å². The minimum atomic E-state index is -0.393. The van der Waals surface area contributed by atoms with Crippen LogP contribution in [-0.2, 0) is 0 Å². The topological polar surface area (TPSA) is 46.2 Å². The normalized spacial score (nSPS) is 10.2. The molecule has 2 aromatic carbocycles. The quantitative estimate of drug-likeness (QED) is 0.646. The van der Waals surface area contributed by atoms with Crippen molar-refractivity contribution in [1.29, 1.82) is 0 Å². The van der Waals surface area contributed by atoms with Gasteiger partial charge in [0.2, 0.25) is 0 Å². The summed E-state index contributed by atoms with van der Waals surface area (Å²) in [6, 6.07) is 10.7. The number of rotatable bonds is 3. The minimum absolute atomic E-state index is 0.130. The molecule has 102 valence electrons. The predicted octanol–water partition coefficient (Wildman–Crippen LogP) is 3.89. The Labute approximate surface area is 129 Å². The van der Waals surface area contributed by atoms with Gasteiger partial charge < -0.3 is 5.32 Å². The zero-order valence-corrected chi connectivity index (χ0v) is 12.8. The molecule has 1 N–H and O–H groups in total. The van der Waals surface area contributed by atoms with Crippen LogP contribution in [0.3, 0.4) is 0 Å². The summed E-state index contributed by atoms with van der Waals surface area (Å²) in [6.07, 6.45) is 0. The lowest BCUT2D eigenvalue weighted by atomic mass is 10.1. The predicted molar refractivity (Wildman–Crippen MR) is 83.5 cm³/mol. The largest absolute Gasteiger partial charge is 0.321 e. The van der Waals surface area contributed by atoms with E-state index in [1.165, 1.54) is 25.1 Å². The first kappa shape index (κ1) is 14.6. The van der Waals surface area contributed by atoms with Crippen LogP contribution in [0.4, 0.5) is 10.1 Å². The lowest BCUT2D eigenvalue weighted by Gasteiger charge is -2.10. The van der Waals surface area contributed by atoms with Crippen LogP contribution in [0.1, 0.15) is 27.6 Å². The number of carbonyl (C=O) groups excluding carboxylic acids is 2. The third-order valence-electron chi connectivity index (χ3n) is 2.73. The van der Waals surface area contributed by atoms with Crippen molar-refractivity contribution in [3.63, 3.8) is 0 Å². The van der Waals surface area contributed by atoms with Crippen LogP contribution >= 0.6 is 22.6 Å². The number of ketones is 1. The number of Topliss-reactive ketones (excluding diaryl/α,β-unsaturated/α-hetero) is 1. The molecule has 2 rings (SSSR count). The summed E-state index contributed by atoms with van der Waals surface area (Å²) in [5.41, 5.74) is 1.26. The highest BCUT2D eigenvalue weighted by Crippen LogP contribution is 2.19. The van der Waals surface area contributed by atoms with E-state index in [-0.39, 0.29) is 11.7 Å². The molecule has 0 aliphatic carbocycles. The van der Waals surface area contributed by atoms with E-state index in [2.05, 4.69) is 5.32 Å². The van der Waals surface area contributed by atoms with E-state index in [4.69, 9.17) is 0 Å². The van der Waals surface area contributed by atoms with Gasteiger partial charge in [0.05, 0.1) is 11.3 Å². The molecule has 3 nitrogen and oxygen atoms in total. The summed E-state index contributed by atoms with van der Waals surface area (Å²) in [4.78, 5) is 23.7. The van der Waals surface area contributed by atoms with Crippen LogP contribution in [0.25, 0.3) is 0 Å². The molecule has 0 aromatic heterocycles. The average molecular weight is 383 g/mol. The van der Waals surface area contributed by atoms with Gasteiger partial charge in [-0.05, 0) is 59.8 Å². The van der Waals surface area contributed by atoms with Gasteiger partial charge in [-0.3, -0.25) is 9.59 Å². The van der Waals surface area contributed by atoms with Gasteiger partial charge in [0, 0.05) is 9.13 Å². The zero-order chi connectivity index (χ0) is 14.7. The maximum Gasteiger partial charge on any atom is 0.256 e. The molecule has 0 fully saturated rings. The van der Waals surface area contributed by atoms with Crippen LogP contribution in [0.2, 0.25) is 0 Å². The van der Waals surface area contributed by atoms with Crippen molar-refractivity contribution < 1.29 is 14.0 Å². The number of para-hydroxylation sites is 1. The Hall–Kier alpha value is -1.76. The Morgan fingerprint density at radius 3 is 2.45 bits per heavy atom. The number of benzene rings is 2. The van der Waals surface area contributed by atoms with E-state index >= 15 is 0 Å². The number of hydrogen-bond acceptors (Lipinski definition) is 2. The van der Waals surface area contributed by atoms with Crippen molar-refractivity contribution in [3.8, 4) is 0 Å². The van der Waals surface area contributed by atoms with E-state index in [1.807, 2.05) is 22.6 Å². The van der Waals surface area contributed by atoms with E-state index in [0.29, 0.717) is 20.4 Å². The van der Waals surface area contributed by atoms with Gasteiger partial charge in [0.25, 0.3) is 5.91 Å². The van der Waals surface area contributed by atoms with Crippen LogP contribution in [0.5, 0.6) is 0 Å². The highest BCUT2D eigenvalue weighted by Gasteiger charge is 2.13. The summed E-state index contributed by atoms with van der Waals surface area (Å²) in [5.74, 6) is -0.895. The molecule has 20 heavy (non-hydrogen) atoms. The fourth-order valence-corrected chi connectivity index (χ4v) is 2.48. The average Bonchev–Trinajstić information content (AvgIpc) is 2.38. The van der Waals surface area contributed by atoms with Crippen molar-refractivity contribution in [1.82, 2.24) is 0 Å². The van der Waals surface area contributed by atoms with Crippen LogP contribution in [-0.4, -0.2) is 11.7 Å². The highest BCUT2D eigenvalue weighted by atomic mass is 127. The molecule has 0 unspecified atom stereocenters. The molecule has 0 atom stereocenters. The van der Waals surface area contributed by atoms with Crippen LogP contribution in [0.15, 0.2) is 42.5 Å². The maximum atomic E-state index is 13.0. The third-order valence-corrected chi connectivity index (χ3v) is 3.62. The fraction of sp³-hybridized carbons (Fsp3) is 0.0667. The molecule has 0 saturated heterocycles. The van der Waals surface area contributed by atoms with Gasteiger partial charge >= 0.3 is 0 Å². The second kappa shape index (κ2) is 6.13. The van der Waals surface area contributed by atoms with Crippen molar-refractivity contribution in [3.05, 3.63) is 63.0 Å². The number of hydrogen-bond donors (Lipinski definition) is 1. The molecular weight excluding hydrogens is 372 g/mol. The number of amides is 1. The summed E-state index contributed by atoms with van der Waals surface area (Å²) >= 11 is 1.90. The first-order chi connectivity index (χ1) is 9.49. The Bertz CT molecular complexity index is 685. The first-order valence-corrected chi connectivity index (χ1v) is 6.93. The van der Waals surface area contributed by atoms with E-state index in [1.54, 1.807) is 24.3 Å². The monoisotopic (exact) mass is 383 g/mol. The van der Waals surface area contributed by atoms with Gasteiger partial charge in [-0.15, -0.1) is 0 Å². The van der Waals surface area contributed by atoms with Crippen LogP contribution in [0, 0.1) is 9.39 Å². The molecule has 5 heteroatoms. The van der Waals surface area contributed by atoms with Gasteiger partial charge in [0.1, 0.15) is 5.82 Å². The van der Waals surface area contributed by atoms with Crippen molar-refractivity contribution in [2.75, 3.05) is 5.32 Å². The maximum absolute atomic E-state index is 13.0. The van der Waals surface area contributed by atoms with E-state index < -0.39 is 5.82 Å². The smallest absolute Gasteiger partial charge is 0.256 e. The summed E-state index contributed by atoms with van der Waals surface area (Å²) in [5, 5.41) is 2.68. The molecule has 0 bridgehead atoms. The molecular formula is C15H11FINO2. The molecule has 0 aliphatic rings. The van der Waals surface area contributed by atoms with E-state index in [9.17, 15) is 14.0 Å². The standard InChI is InChI=1S/C15H11FINO2/c1-9(19)11-4-2-3-5-14(11)18-15(20)12-7-6-10(16)8-13(12)17/h2-8H,1H3,(H,18,20). The number of carbonyl (C=O) groups is 2. The van der Waals surface area contributed by atoms with Crippen molar-refractivity contribution in [2.24, 2.45) is 0 Å². The number of nitrogens with one attached hydrogen (secondary N) is 1. The lowest BCUT2D eigenvalue weighted by molar-refractivity contribution is 0.101. The molecule has 1 amide bonds. The molecule has 0 radical (unpaired) electrons. The lowest BCUT2D eigenvalue weighted by Crippen LogP contribution is -2.15. The minimum Gasteiger partial charge on any atom is -0.321 e. The second-order valence-electron chi connectivity index (χ2n) is 4.18. The SMILES string of the molecule is CC(=O)c1ccccc1NC(=O)c1ccc(F)cc1I. The molecule has 0 aliphatic heterocycles. The summed E-state index contributed by atoms with van der Waals surface area (Å²) in [7, 11) is 0. The summed E-state index contributed by atoms with van der Waals surface area (Å²) in [6.45, 7) is 1.44. The Morgan fingerprint density at radius 2 is 1.80 bits per heavy atom. The van der Waals surface area contributed by atoms with Gasteiger partial charge in [-0.2, -0.15) is 0 Å². The Kier molecular flexibility index (Phi) is 4.49. The van der Waals surface area contributed by atoms with Crippen LogP contribution < -0.4 is 5.32 Å². The summed E-state index contributed by atoms with van der Waals surface area (Å²) < 4.78 is 13.5. The highest BCUT2D eigenvalue weighted by molar-refractivity contribution is 14.1. The fourth-order valence-electron chi connectivity index (χ4n) is 1.76. The second-order valence-corrected chi connectivity index (χ2v) is 5.34.